The van der Waals surface area contributed by atoms with Gasteiger partial charge < -0.3 is 14.8 Å². The molecule has 2 heterocycles. The summed E-state index contributed by atoms with van der Waals surface area (Å²) in [4.78, 5) is 27.3. The van der Waals surface area contributed by atoms with Crippen molar-refractivity contribution < 1.29 is 14.0 Å². The predicted molar refractivity (Wildman–Crippen MR) is 124 cm³/mol. The van der Waals surface area contributed by atoms with Crippen molar-refractivity contribution in [3.8, 4) is 11.5 Å². The van der Waals surface area contributed by atoms with Gasteiger partial charge in [-0.1, -0.05) is 18.2 Å². The molecular formula is C25H24FN5O2. The Morgan fingerprint density at radius 3 is 2.27 bits per heavy atom. The molecular weight excluding hydrogens is 421 g/mol. The van der Waals surface area contributed by atoms with Crippen LogP contribution in [0, 0.1) is 19.7 Å². The number of aryl methyl sites for hydroxylation is 2. The molecule has 0 bridgehead atoms. The van der Waals surface area contributed by atoms with Crippen LogP contribution in [0.1, 0.15) is 21.5 Å². The van der Waals surface area contributed by atoms with Crippen molar-refractivity contribution in [3.63, 3.8) is 0 Å². The molecule has 4 rings (SSSR count). The molecule has 0 spiro atoms. The molecule has 0 radical (unpaired) electrons. The van der Waals surface area contributed by atoms with Crippen molar-refractivity contribution in [2.45, 2.75) is 13.8 Å². The maximum atomic E-state index is 13.4. The molecule has 0 aliphatic heterocycles. The van der Waals surface area contributed by atoms with Gasteiger partial charge in [0, 0.05) is 25.1 Å². The van der Waals surface area contributed by atoms with E-state index in [0.29, 0.717) is 17.1 Å². The highest BCUT2D eigenvalue weighted by molar-refractivity contribution is 6.01. The zero-order valence-corrected chi connectivity index (χ0v) is 18.6. The third kappa shape index (κ3) is 4.55. The van der Waals surface area contributed by atoms with Crippen molar-refractivity contribution in [1.29, 1.82) is 0 Å². The van der Waals surface area contributed by atoms with E-state index in [1.807, 2.05) is 44.2 Å². The molecule has 1 N–H and O–H groups in total. The molecule has 0 unspecified atom stereocenters. The van der Waals surface area contributed by atoms with Crippen molar-refractivity contribution in [2.24, 2.45) is 0 Å². The molecule has 2 aromatic carbocycles. The Hall–Kier alpha value is -4.20. The lowest BCUT2D eigenvalue weighted by Gasteiger charge is -2.19. The number of nitrogens with zero attached hydrogens (tertiary/aromatic N) is 4. The van der Waals surface area contributed by atoms with E-state index in [0.717, 1.165) is 16.8 Å². The van der Waals surface area contributed by atoms with Gasteiger partial charge in [-0.25, -0.2) is 9.07 Å². The fraction of sp³-hybridized carbons (Fsp3) is 0.160. The topological polar surface area (TPSA) is 72.2 Å². The number of hydrogen-bond donors (Lipinski definition) is 1. The van der Waals surface area contributed by atoms with Gasteiger partial charge in [0.15, 0.2) is 5.82 Å². The maximum Gasteiger partial charge on any atom is 0.259 e. The van der Waals surface area contributed by atoms with Crippen LogP contribution in [-0.2, 0) is 4.79 Å². The van der Waals surface area contributed by atoms with Crippen molar-refractivity contribution in [2.75, 3.05) is 18.9 Å². The Kier molecular flexibility index (Phi) is 6.08. The number of para-hydroxylation sites is 1. The van der Waals surface area contributed by atoms with Gasteiger partial charge in [0.05, 0.1) is 18.4 Å². The first-order valence-electron chi connectivity index (χ1n) is 10.4. The molecule has 33 heavy (non-hydrogen) atoms. The smallest absolute Gasteiger partial charge is 0.259 e. The Bertz CT molecular complexity index is 1270. The fourth-order valence-corrected chi connectivity index (χ4v) is 3.67. The summed E-state index contributed by atoms with van der Waals surface area (Å²) >= 11 is 0. The van der Waals surface area contributed by atoms with Crippen LogP contribution in [0.15, 0.2) is 73.2 Å². The maximum absolute atomic E-state index is 13.4. The molecule has 8 heteroatoms. The second-order valence-electron chi connectivity index (χ2n) is 7.84. The lowest BCUT2D eigenvalue weighted by atomic mass is 10.1. The summed E-state index contributed by atoms with van der Waals surface area (Å²) in [5.41, 5.74) is 3.58. The van der Waals surface area contributed by atoms with Gasteiger partial charge in [-0.3, -0.25) is 9.59 Å². The molecule has 7 nitrogen and oxygen atoms in total. The second-order valence-corrected chi connectivity index (χ2v) is 7.84. The molecule has 0 saturated heterocycles. The SMILES string of the molecule is Cc1cccc(C)c1NC(=O)CN(C)C(=O)c1cnn(-c2ccc(F)cc2)c1-n1cccc1. The predicted octanol–water partition coefficient (Wildman–Crippen LogP) is 4.13. The average Bonchev–Trinajstić information content (AvgIpc) is 3.46. The number of carbonyl (C=O) groups excluding carboxylic acids is 2. The van der Waals surface area contributed by atoms with Gasteiger partial charge in [-0.05, 0) is 61.4 Å². The number of carbonyl (C=O) groups is 2. The van der Waals surface area contributed by atoms with Gasteiger partial charge in [0.1, 0.15) is 11.4 Å². The lowest BCUT2D eigenvalue weighted by Crippen LogP contribution is -2.35. The number of anilines is 1. The Morgan fingerprint density at radius 2 is 1.64 bits per heavy atom. The number of halogens is 1. The number of aromatic nitrogens is 3. The van der Waals surface area contributed by atoms with Crippen LogP contribution < -0.4 is 5.32 Å². The standard InChI is InChI=1S/C25H24FN5O2/c1-17-7-6-8-18(2)23(17)28-22(32)16-29(3)25(33)21-15-27-31(20-11-9-19(26)10-12-20)24(21)30-13-4-5-14-30/h4-15H,16H2,1-3H3,(H,28,32). The van der Waals surface area contributed by atoms with E-state index in [-0.39, 0.29) is 24.2 Å². The van der Waals surface area contributed by atoms with Crippen molar-refractivity contribution >= 4 is 17.5 Å². The monoisotopic (exact) mass is 445 g/mol. The molecule has 0 fully saturated rings. The Labute approximate surface area is 191 Å². The number of rotatable bonds is 6. The van der Waals surface area contributed by atoms with Crippen LogP contribution in [0.25, 0.3) is 11.5 Å². The van der Waals surface area contributed by atoms with Gasteiger partial charge in [-0.2, -0.15) is 5.10 Å². The Morgan fingerprint density at radius 1 is 1.00 bits per heavy atom. The van der Waals surface area contributed by atoms with Crippen LogP contribution in [-0.4, -0.2) is 44.7 Å². The van der Waals surface area contributed by atoms with Crippen LogP contribution in [0.5, 0.6) is 0 Å². The number of likely N-dealkylation sites (N-methyl/N-ethyl adjacent to an activating group) is 1. The molecule has 0 aliphatic rings. The van der Waals surface area contributed by atoms with Gasteiger partial charge in [0.25, 0.3) is 5.91 Å². The molecule has 0 aliphatic carbocycles. The second kappa shape index (κ2) is 9.12. The normalized spacial score (nSPS) is 10.8. The van der Waals surface area contributed by atoms with E-state index >= 15 is 0 Å². The minimum atomic E-state index is -0.362. The number of nitrogens with one attached hydrogen (secondary N) is 1. The van der Waals surface area contributed by atoms with Gasteiger partial charge in [0.2, 0.25) is 5.91 Å². The molecule has 0 atom stereocenters. The number of amides is 2. The highest BCUT2D eigenvalue weighted by Gasteiger charge is 2.24. The molecule has 0 saturated carbocycles. The highest BCUT2D eigenvalue weighted by Crippen LogP contribution is 2.22. The van der Waals surface area contributed by atoms with E-state index in [9.17, 15) is 14.0 Å². The van der Waals surface area contributed by atoms with E-state index in [4.69, 9.17) is 0 Å². The summed E-state index contributed by atoms with van der Waals surface area (Å²) in [7, 11) is 1.57. The van der Waals surface area contributed by atoms with E-state index in [1.54, 1.807) is 40.8 Å². The van der Waals surface area contributed by atoms with Gasteiger partial charge in [-0.15, -0.1) is 0 Å². The zero-order valence-electron chi connectivity index (χ0n) is 18.6. The fourth-order valence-electron chi connectivity index (χ4n) is 3.67. The van der Waals surface area contributed by atoms with Gasteiger partial charge >= 0.3 is 0 Å². The number of benzene rings is 2. The van der Waals surface area contributed by atoms with Crippen LogP contribution in [0.4, 0.5) is 10.1 Å². The third-order valence-corrected chi connectivity index (χ3v) is 5.37. The summed E-state index contributed by atoms with van der Waals surface area (Å²) in [5.74, 6) is -0.515. The Balaban J connectivity index is 1.60. The molecule has 2 aromatic heterocycles. The van der Waals surface area contributed by atoms with Crippen LogP contribution in [0.2, 0.25) is 0 Å². The van der Waals surface area contributed by atoms with E-state index < -0.39 is 0 Å². The summed E-state index contributed by atoms with van der Waals surface area (Å²) < 4.78 is 16.7. The summed E-state index contributed by atoms with van der Waals surface area (Å²) in [6.45, 7) is 3.72. The minimum Gasteiger partial charge on any atom is -0.332 e. The number of hydrogen-bond acceptors (Lipinski definition) is 3. The highest BCUT2D eigenvalue weighted by atomic mass is 19.1. The third-order valence-electron chi connectivity index (χ3n) is 5.37. The zero-order chi connectivity index (χ0) is 23.5. The van der Waals surface area contributed by atoms with Crippen LogP contribution in [0.3, 0.4) is 0 Å². The van der Waals surface area contributed by atoms with Crippen LogP contribution >= 0.6 is 0 Å². The minimum absolute atomic E-state index is 0.126. The molecule has 2 amide bonds. The summed E-state index contributed by atoms with van der Waals surface area (Å²) in [6.07, 6.45) is 5.05. The molecule has 168 valence electrons. The largest absolute Gasteiger partial charge is 0.332 e. The average molecular weight is 445 g/mol. The summed E-state index contributed by atoms with van der Waals surface area (Å²) in [6, 6.07) is 15.3. The van der Waals surface area contributed by atoms with Crippen molar-refractivity contribution in [1.82, 2.24) is 19.2 Å². The lowest BCUT2D eigenvalue weighted by molar-refractivity contribution is -0.116. The van der Waals surface area contributed by atoms with E-state index in [1.165, 1.54) is 23.2 Å². The first kappa shape index (κ1) is 22.0. The molecule has 4 aromatic rings. The summed E-state index contributed by atoms with van der Waals surface area (Å²) in [5, 5.41) is 7.27. The van der Waals surface area contributed by atoms with E-state index in [2.05, 4.69) is 10.4 Å². The first-order valence-corrected chi connectivity index (χ1v) is 10.4. The quantitative estimate of drug-likeness (QED) is 0.485. The first-order chi connectivity index (χ1) is 15.8. The van der Waals surface area contributed by atoms with Crippen molar-refractivity contribution in [3.05, 3.63) is 95.7 Å².